The standard InChI is InChI=1S/C33H21N3O4S/c34-18-23(16-22-9-5-7-13-29(22)39-19-31(37)35-24-10-2-1-3-11-24)32-36-28(20-41-32)27-17-26-25-12-6-4-8-21(25)14-15-30(26)40-33(27)38/h1-17,20H,19H2,(H,35,37)/b23-16+. The summed E-state index contributed by atoms with van der Waals surface area (Å²) >= 11 is 1.25. The summed E-state index contributed by atoms with van der Waals surface area (Å²) in [7, 11) is 0. The highest BCUT2D eigenvalue weighted by Crippen LogP contribution is 2.31. The summed E-state index contributed by atoms with van der Waals surface area (Å²) in [5.41, 5.74) is 2.33. The van der Waals surface area contributed by atoms with Crippen molar-refractivity contribution in [3.05, 3.63) is 123 Å². The lowest BCUT2D eigenvalue weighted by atomic mass is 10.0. The quantitative estimate of drug-likeness (QED) is 0.127. The van der Waals surface area contributed by atoms with Crippen molar-refractivity contribution in [2.24, 2.45) is 0 Å². The molecule has 1 amide bonds. The Hall–Kier alpha value is -5.52. The number of hydrogen-bond acceptors (Lipinski definition) is 7. The Kier molecular flexibility index (Phi) is 7.10. The summed E-state index contributed by atoms with van der Waals surface area (Å²) in [5, 5.41) is 17.7. The zero-order chi connectivity index (χ0) is 28.2. The van der Waals surface area contributed by atoms with Gasteiger partial charge >= 0.3 is 5.63 Å². The van der Waals surface area contributed by atoms with Gasteiger partial charge in [0.2, 0.25) is 0 Å². The third-order valence-electron chi connectivity index (χ3n) is 6.41. The van der Waals surface area contributed by atoms with Gasteiger partial charge in [0.1, 0.15) is 22.4 Å². The molecule has 2 aromatic heterocycles. The van der Waals surface area contributed by atoms with Gasteiger partial charge in [0.15, 0.2) is 6.61 Å². The van der Waals surface area contributed by atoms with Crippen molar-refractivity contribution in [1.29, 1.82) is 5.26 Å². The second-order valence-electron chi connectivity index (χ2n) is 9.09. The number of carbonyl (C=O) groups is 1. The Labute approximate surface area is 238 Å². The molecular formula is C33H21N3O4S. The molecule has 1 N–H and O–H groups in total. The average molecular weight is 556 g/mol. The molecule has 0 radical (unpaired) electrons. The predicted molar refractivity (Wildman–Crippen MR) is 162 cm³/mol. The monoisotopic (exact) mass is 555 g/mol. The minimum atomic E-state index is -0.500. The van der Waals surface area contributed by atoms with Gasteiger partial charge in [-0.15, -0.1) is 11.3 Å². The Balaban J connectivity index is 1.27. The van der Waals surface area contributed by atoms with Crippen LogP contribution < -0.4 is 15.7 Å². The van der Waals surface area contributed by atoms with Crippen LogP contribution in [0.5, 0.6) is 5.75 Å². The van der Waals surface area contributed by atoms with Crippen LogP contribution in [0.4, 0.5) is 5.69 Å². The number of aromatic nitrogens is 1. The number of carbonyl (C=O) groups excluding carboxylic acids is 1. The maximum atomic E-state index is 12.9. The molecule has 198 valence electrons. The fourth-order valence-corrected chi connectivity index (χ4v) is 5.25. The van der Waals surface area contributed by atoms with Crippen LogP contribution in [0.15, 0.2) is 112 Å². The second-order valence-corrected chi connectivity index (χ2v) is 9.95. The SMILES string of the molecule is N#C/C(=C\c1ccccc1OCC(=O)Nc1ccccc1)c1nc(-c2cc3c(ccc4ccccc43)oc2=O)cs1. The number of ether oxygens (including phenoxy) is 1. The number of para-hydroxylation sites is 2. The van der Waals surface area contributed by atoms with Crippen molar-refractivity contribution in [1.82, 2.24) is 4.98 Å². The van der Waals surface area contributed by atoms with E-state index in [2.05, 4.69) is 16.4 Å². The number of nitrogens with zero attached hydrogens (tertiary/aromatic N) is 2. The van der Waals surface area contributed by atoms with Crippen LogP contribution in [0, 0.1) is 11.3 Å². The molecule has 0 bridgehead atoms. The maximum Gasteiger partial charge on any atom is 0.345 e. The summed E-state index contributed by atoms with van der Waals surface area (Å²) < 4.78 is 11.4. The molecular weight excluding hydrogens is 534 g/mol. The van der Waals surface area contributed by atoms with Gasteiger partial charge in [-0.1, -0.05) is 66.7 Å². The van der Waals surface area contributed by atoms with Gasteiger partial charge < -0.3 is 14.5 Å². The number of anilines is 1. The van der Waals surface area contributed by atoms with Gasteiger partial charge in [0.05, 0.1) is 16.8 Å². The number of allylic oxidation sites excluding steroid dienone is 1. The van der Waals surface area contributed by atoms with Crippen molar-refractivity contribution < 1.29 is 13.9 Å². The van der Waals surface area contributed by atoms with E-state index >= 15 is 0 Å². The molecule has 0 saturated heterocycles. The highest BCUT2D eigenvalue weighted by atomic mass is 32.1. The summed E-state index contributed by atoms with van der Waals surface area (Å²) in [6.07, 6.45) is 1.66. The molecule has 6 aromatic rings. The first-order chi connectivity index (χ1) is 20.1. The predicted octanol–water partition coefficient (Wildman–Crippen LogP) is 7.15. The topological polar surface area (TPSA) is 105 Å². The van der Waals surface area contributed by atoms with Crippen LogP contribution in [0.2, 0.25) is 0 Å². The van der Waals surface area contributed by atoms with E-state index in [1.807, 2.05) is 54.6 Å². The molecule has 0 unspecified atom stereocenters. The highest BCUT2D eigenvalue weighted by molar-refractivity contribution is 7.11. The van der Waals surface area contributed by atoms with E-state index < -0.39 is 5.63 Å². The number of rotatable bonds is 7. The van der Waals surface area contributed by atoms with E-state index in [1.165, 1.54) is 11.3 Å². The van der Waals surface area contributed by atoms with Gasteiger partial charge in [0, 0.05) is 22.0 Å². The molecule has 0 aliphatic heterocycles. The zero-order valence-electron chi connectivity index (χ0n) is 21.5. The zero-order valence-corrected chi connectivity index (χ0v) is 22.4. The minimum Gasteiger partial charge on any atom is -0.483 e. The molecule has 4 aromatic carbocycles. The van der Waals surface area contributed by atoms with Gasteiger partial charge in [-0.25, -0.2) is 9.78 Å². The normalized spacial score (nSPS) is 11.3. The lowest BCUT2D eigenvalue weighted by molar-refractivity contribution is -0.118. The van der Waals surface area contributed by atoms with E-state index in [9.17, 15) is 14.9 Å². The first-order valence-electron chi connectivity index (χ1n) is 12.7. The van der Waals surface area contributed by atoms with E-state index in [1.54, 1.807) is 53.9 Å². The minimum absolute atomic E-state index is 0.199. The second kappa shape index (κ2) is 11.3. The number of benzene rings is 4. The van der Waals surface area contributed by atoms with Crippen molar-refractivity contribution in [3.8, 4) is 23.1 Å². The molecule has 0 saturated carbocycles. The molecule has 0 fully saturated rings. The van der Waals surface area contributed by atoms with Crippen molar-refractivity contribution in [2.75, 3.05) is 11.9 Å². The van der Waals surface area contributed by atoms with Crippen LogP contribution in [-0.2, 0) is 4.79 Å². The molecule has 2 heterocycles. The number of amides is 1. The third kappa shape index (κ3) is 5.48. The molecule has 6 rings (SSSR count). The van der Waals surface area contributed by atoms with E-state index in [4.69, 9.17) is 9.15 Å². The molecule has 0 atom stereocenters. The first-order valence-corrected chi connectivity index (χ1v) is 13.6. The fourth-order valence-electron chi connectivity index (χ4n) is 4.46. The van der Waals surface area contributed by atoms with Gasteiger partial charge in [-0.3, -0.25) is 4.79 Å². The first kappa shape index (κ1) is 25.7. The van der Waals surface area contributed by atoms with Crippen LogP contribution in [0.1, 0.15) is 10.6 Å². The highest BCUT2D eigenvalue weighted by Gasteiger charge is 2.16. The summed E-state index contributed by atoms with van der Waals surface area (Å²) in [4.78, 5) is 29.8. The van der Waals surface area contributed by atoms with E-state index in [0.717, 1.165) is 16.2 Å². The number of fused-ring (bicyclic) bond motifs is 3. The Morgan fingerprint density at radius 2 is 1.76 bits per heavy atom. The molecule has 0 spiro atoms. The molecule has 0 aliphatic carbocycles. The smallest absolute Gasteiger partial charge is 0.345 e. The van der Waals surface area contributed by atoms with Gasteiger partial charge in [-0.05, 0) is 47.2 Å². The van der Waals surface area contributed by atoms with Crippen LogP contribution in [0.3, 0.4) is 0 Å². The molecule has 7 nitrogen and oxygen atoms in total. The van der Waals surface area contributed by atoms with E-state index in [0.29, 0.717) is 44.4 Å². The Morgan fingerprint density at radius 1 is 0.976 bits per heavy atom. The molecule has 41 heavy (non-hydrogen) atoms. The van der Waals surface area contributed by atoms with Gasteiger partial charge in [0.25, 0.3) is 5.91 Å². The Bertz CT molecular complexity index is 2040. The number of nitrogens with one attached hydrogen (secondary N) is 1. The van der Waals surface area contributed by atoms with Crippen molar-refractivity contribution in [3.63, 3.8) is 0 Å². The summed E-state index contributed by atoms with van der Waals surface area (Å²) in [6.45, 7) is -0.199. The molecule has 0 aliphatic rings. The van der Waals surface area contributed by atoms with Crippen LogP contribution in [0.25, 0.3) is 44.6 Å². The lowest BCUT2D eigenvalue weighted by Gasteiger charge is -2.10. The fraction of sp³-hybridized carbons (Fsp3) is 0.0303. The molecule has 8 heteroatoms. The number of thiazole rings is 1. The van der Waals surface area contributed by atoms with Crippen molar-refractivity contribution in [2.45, 2.75) is 0 Å². The lowest BCUT2D eigenvalue weighted by Crippen LogP contribution is -2.20. The summed E-state index contributed by atoms with van der Waals surface area (Å²) in [6, 6.07) is 31.8. The number of hydrogen-bond donors (Lipinski definition) is 1. The largest absolute Gasteiger partial charge is 0.483 e. The van der Waals surface area contributed by atoms with Crippen molar-refractivity contribution >= 4 is 56.3 Å². The summed E-state index contributed by atoms with van der Waals surface area (Å²) in [5.74, 6) is 0.143. The van der Waals surface area contributed by atoms with Crippen LogP contribution in [-0.4, -0.2) is 17.5 Å². The van der Waals surface area contributed by atoms with Crippen LogP contribution >= 0.6 is 11.3 Å². The average Bonchev–Trinajstić information content (AvgIpc) is 3.49. The van der Waals surface area contributed by atoms with Gasteiger partial charge in [-0.2, -0.15) is 5.26 Å². The van der Waals surface area contributed by atoms with E-state index in [-0.39, 0.29) is 12.5 Å². The third-order valence-corrected chi connectivity index (χ3v) is 7.28. The Morgan fingerprint density at radius 3 is 2.61 bits per heavy atom. The maximum absolute atomic E-state index is 12.9. The number of nitriles is 1.